The molecule has 2 aromatic heterocycles. The number of nitrogens with one attached hydrogen (secondary N) is 1. The third kappa shape index (κ3) is 5.11. The molecule has 0 aliphatic carbocycles. The third-order valence-corrected chi connectivity index (χ3v) is 7.33. The Balaban J connectivity index is 1.29. The number of imidazole rings is 1. The van der Waals surface area contributed by atoms with Crippen LogP contribution in [-0.2, 0) is 17.6 Å². The van der Waals surface area contributed by atoms with E-state index in [4.69, 9.17) is 11.6 Å². The number of thioether (sulfide) groups is 2. The van der Waals surface area contributed by atoms with Crippen LogP contribution >= 0.6 is 46.5 Å². The van der Waals surface area contributed by atoms with E-state index in [1.807, 2.05) is 60.1 Å². The van der Waals surface area contributed by atoms with Gasteiger partial charge in [0.05, 0.1) is 16.8 Å². The first-order valence-electron chi connectivity index (χ1n) is 8.63. The summed E-state index contributed by atoms with van der Waals surface area (Å²) >= 11 is 10.2. The van der Waals surface area contributed by atoms with E-state index in [-0.39, 0.29) is 11.7 Å². The molecule has 29 heavy (non-hydrogen) atoms. The predicted molar refractivity (Wildman–Crippen MR) is 121 cm³/mol. The van der Waals surface area contributed by atoms with Crippen LogP contribution in [0.25, 0.3) is 11.0 Å². The smallest absolute Gasteiger partial charge is 0.236 e. The highest BCUT2D eigenvalue weighted by Gasteiger charge is 2.12. The lowest BCUT2D eigenvalue weighted by Gasteiger charge is -2.02. The van der Waals surface area contributed by atoms with E-state index in [9.17, 15) is 4.79 Å². The number of carbonyl (C=O) groups excluding carboxylic acids is 1. The quantitative estimate of drug-likeness (QED) is 0.305. The van der Waals surface area contributed by atoms with Crippen molar-refractivity contribution in [2.75, 3.05) is 11.1 Å². The van der Waals surface area contributed by atoms with Gasteiger partial charge in [0.2, 0.25) is 11.0 Å². The maximum Gasteiger partial charge on any atom is 0.236 e. The molecule has 0 aliphatic rings. The Kier molecular flexibility index (Phi) is 6.39. The molecule has 0 saturated carbocycles. The first kappa shape index (κ1) is 20.2. The Hall–Kier alpha value is -2.07. The Morgan fingerprint density at radius 2 is 1.93 bits per heavy atom. The summed E-state index contributed by atoms with van der Waals surface area (Å²) in [5.41, 5.74) is 3.12. The molecule has 0 bridgehead atoms. The molecular formula is C19H16ClN5OS3. The molecule has 1 N–H and O–H groups in total. The summed E-state index contributed by atoms with van der Waals surface area (Å²) in [4.78, 5) is 16.8. The molecule has 0 fully saturated rings. The number of rotatable bonds is 7. The normalized spacial score (nSPS) is 11.1. The van der Waals surface area contributed by atoms with Crippen LogP contribution in [0.15, 0.2) is 58.0 Å². The largest absolute Gasteiger partial charge is 0.322 e. The van der Waals surface area contributed by atoms with Crippen LogP contribution in [0.3, 0.4) is 0 Å². The van der Waals surface area contributed by atoms with Gasteiger partial charge in [-0.25, -0.2) is 4.98 Å². The Labute approximate surface area is 185 Å². The predicted octanol–water partition coefficient (Wildman–Crippen LogP) is 5.10. The van der Waals surface area contributed by atoms with Crippen LogP contribution < -0.4 is 5.32 Å². The monoisotopic (exact) mass is 461 g/mol. The van der Waals surface area contributed by atoms with Gasteiger partial charge in [-0.15, -0.1) is 10.2 Å². The summed E-state index contributed by atoms with van der Waals surface area (Å²) in [7, 11) is 1.95. The van der Waals surface area contributed by atoms with Crippen molar-refractivity contribution in [1.29, 1.82) is 0 Å². The molecule has 0 spiro atoms. The molecule has 2 aromatic carbocycles. The van der Waals surface area contributed by atoms with Crippen LogP contribution in [0.5, 0.6) is 0 Å². The molecule has 0 aliphatic heterocycles. The zero-order chi connectivity index (χ0) is 20.2. The Morgan fingerprint density at radius 3 is 2.72 bits per heavy atom. The fraction of sp³-hybridized carbons (Fsp3) is 0.158. The lowest BCUT2D eigenvalue weighted by Crippen LogP contribution is -2.14. The van der Waals surface area contributed by atoms with Gasteiger partial charge in [-0.05, 0) is 29.8 Å². The lowest BCUT2D eigenvalue weighted by molar-refractivity contribution is -0.113. The number of hydrogen-bond acceptors (Lipinski definition) is 7. The van der Waals surface area contributed by atoms with Crippen molar-refractivity contribution in [3.8, 4) is 0 Å². The van der Waals surface area contributed by atoms with Gasteiger partial charge in [-0.2, -0.15) is 0 Å². The van der Waals surface area contributed by atoms with E-state index in [2.05, 4.69) is 20.5 Å². The van der Waals surface area contributed by atoms with E-state index >= 15 is 0 Å². The molecule has 4 rings (SSSR count). The highest BCUT2D eigenvalue weighted by Crippen LogP contribution is 2.29. The molecule has 0 radical (unpaired) electrons. The minimum absolute atomic E-state index is 0.132. The van der Waals surface area contributed by atoms with E-state index in [1.165, 1.54) is 23.1 Å². The number of carbonyl (C=O) groups is 1. The van der Waals surface area contributed by atoms with Gasteiger partial charge in [-0.3, -0.25) is 10.1 Å². The van der Waals surface area contributed by atoms with Gasteiger partial charge in [0.25, 0.3) is 0 Å². The summed E-state index contributed by atoms with van der Waals surface area (Å²) < 4.78 is 2.79. The average Bonchev–Trinajstić information content (AvgIpc) is 3.30. The first-order chi connectivity index (χ1) is 14.1. The standard InChI is InChI=1S/C19H16ClN5OS3/c1-25-15-5-3-2-4-14(15)21-18(25)27-11-16(26)22-17-23-24-19(29-17)28-10-12-6-8-13(20)9-7-12/h2-9H,10-11H2,1H3,(H,22,23,26). The number of benzene rings is 2. The minimum Gasteiger partial charge on any atom is -0.322 e. The Morgan fingerprint density at radius 1 is 1.14 bits per heavy atom. The molecular weight excluding hydrogens is 446 g/mol. The van der Waals surface area contributed by atoms with Crippen molar-refractivity contribution in [3.05, 3.63) is 59.1 Å². The fourth-order valence-electron chi connectivity index (χ4n) is 2.58. The molecule has 2 heterocycles. The first-order valence-corrected chi connectivity index (χ1v) is 11.8. The van der Waals surface area contributed by atoms with Crippen LogP contribution in [0.4, 0.5) is 5.13 Å². The number of anilines is 1. The molecule has 148 valence electrons. The van der Waals surface area contributed by atoms with E-state index in [1.54, 1.807) is 11.8 Å². The molecule has 6 nitrogen and oxygen atoms in total. The van der Waals surface area contributed by atoms with Gasteiger partial charge in [0.1, 0.15) is 0 Å². The molecule has 0 atom stereocenters. The number of aromatic nitrogens is 4. The zero-order valence-electron chi connectivity index (χ0n) is 15.3. The number of para-hydroxylation sites is 2. The SMILES string of the molecule is Cn1c(SCC(=O)Nc2nnc(SCc3ccc(Cl)cc3)s2)nc2ccccc21. The van der Waals surface area contributed by atoms with Crippen molar-refractivity contribution in [2.24, 2.45) is 7.05 Å². The van der Waals surface area contributed by atoms with Gasteiger partial charge in [0.15, 0.2) is 9.50 Å². The summed E-state index contributed by atoms with van der Waals surface area (Å²) in [6, 6.07) is 15.6. The molecule has 4 aromatic rings. The van der Waals surface area contributed by atoms with Crippen molar-refractivity contribution >= 4 is 68.5 Å². The number of aryl methyl sites for hydroxylation is 1. The molecule has 1 amide bonds. The number of halogens is 1. The number of hydrogen-bond donors (Lipinski definition) is 1. The van der Waals surface area contributed by atoms with Crippen LogP contribution in [0, 0.1) is 0 Å². The van der Waals surface area contributed by atoms with Crippen molar-refractivity contribution in [3.63, 3.8) is 0 Å². The van der Waals surface area contributed by atoms with Crippen molar-refractivity contribution in [2.45, 2.75) is 15.2 Å². The van der Waals surface area contributed by atoms with Gasteiger partial charge >= 0.3 is 0 Å². The minimum atomic E-state index is -0.132. The maximum atomic E-state index is 12.3. The molecule has 10 heteroatoms. The highest BCUT2D eigenvalue weighted by atomic mass is 35.5. The van der Waals surface area contributed by atoms with Crippen molar-refractivity contribution < 1.29 is 4.79 Å². The summed E-state index contributed by atoms with van der Waals surface area (Å²) in [6.45, 7) is 0. The number of fused-ring (bicyclic) bond motifs is 1. The molecule has 0 saturated heterocycles. The van der Waals surface area contributed by atoms with E-state index < -0.39 is 0 Å². The summed E-state index contributed by atoms with van der Waals surface area (Å²) in [6.07, 6.45) is 0. The highest BCUT2D eigenvalue weighted by molar-refractivity contribution is 8.00. The lowest BCUT2D eigenvalue weighted by atomic mass is 10.2. The fourth-order valence-corrected chi connectivity index (χ4v) is 5.22. The van der Waals surface area contributed by atoms with Crippen LogP contribution in [-0.4, -0.2) is 31.4 Å². The van der Waals surface area contributed by atoms with Gasteiger partial charge in [0, 0.05) is 17.8 Å². The Bertz CT molecular complexity index is 1140. The summed E-state index contributed by atoms with van der Waals surface area (Å²) in [5, 5.41) is 13.0. The third-order valence-electron chi connectivity index (χ3n) is 4.01. The molecule has 0 unspecified atom stereocenters. The van der Waals surface area contributed by atoms with Crippen molar-refractivity contribution in [1.82, 2.24) is 19.7 Å². The number of amides is 1. The van der Waals surface area contributed by atoms with Crippen LogP contribution in [0.2, 0.25) is 5.02 Å². The van der Waals surface area contributed by atoms with Gasteiger partial charge < -0.3 is 4.57 Å². The summed E-state index contributed by atoms with van der Waals surface area (Å²) in [5.74, 6) is 0.888. The van der Waals surface area contributed by atoms with Crippen LogP contribution in [0.1, 0.15) is 5.56 Å². The topological polar surface area (TPSA) is 72.7 Å². The van der Waals surface area contributed by atoms with E-state index in [0.717, 1.165) is 36.9 Å². The second kappa shape index (κ2) is 9.17. The van der Waals surface area contributed by atoms with E-state index in [0.29, 0.717) is 5.13 Å². The zero-order valence-corrected chi connectivity index (χ0v) is 18.5. The van der Waals surface area contributed by atoms with Gasteiger partial charge in [-0.1, -0.05) is 70.7 Å². The maximum absolute atomic E-state index is 12.3. The average molecular weight is 462 g/mol. The number of nitrogens with zero attached hydrogens (tertiary/aromatic N) is 4. The second-order valence-electron chi connectivity index (χ2n) is 6.07. The second-order valence-corrected chi connectivity index (χ2v) is 9.65.